The van der Waals surface area contributed by atoms with Gasteiger partial charge in [-0.2, -0.15) is 4.98 Å². The highest BCUT2D eigenvalue weighted by Gasteiger charge is 2.26. The minimum atomic E-state index is -3.22. The van der Waals surface area contributed by atoms with Crippen molar-refractivity contribution in [2.24, 2.45) is 0 Å². The number of carbonyl (C=O) groups excluding carboxylic acids is 1. The number of urea groups is 1. The number of nitrogens with one attached hydrogen (secondary N) is 2. The number of piperidine rings is 1. The number of anilines is 2. The van der Waals surface area contributed by atoms with E-state index in [0.717, 1.165) is 18.7 Å². The summed E-state index contributed by atoms with van der Waals surface area (Å²) in [5.74, 6) is 1.15. The summed E-state index contributed by atoms with van der Waals surface area (Å²) >= 11 is 0. The molecule has 2 N–H and O–H groups in total. The van der Waals surface area contributed by atoms with Crippen molar-refractivity contribution in [1.29, 1.82) is 0 Å². The molecular formula is C19H32N6O4S. The number of sulfone groups is 1. The van der Waals surface area contributed by atoms with E-state index in [4.69, 9.17) is 9.72 Å². The maximum Gasteiger partial charge on any atom is 0.314 e. The predicted octanol–water partition coefficient (Wildman–Crippen LogP) is 0.534. The summed E-state index contributed by atoms with van der Waals surface area (Å²) in [4.78, 5) is 25.3. The number of ether oxygens (including phenoxy) is 1. The van der Waals surface area contributed by atoms with Crippen LogP contribution in [0.3, 0.4) is 0 Å². The first kappa shape index (κ1) is 22.5. The van der Waals surface area contributed by atoms with Gasteiger partial charge in [-0.1, -0.05) is 0 Å². The van der Waals surface area contributed by atoms with Crippen LogP contribution in [0.2, 0.25) is 0 Å². The quantitative estimate of drug-likeness (QED) is 0.658. The number of hydrogen-bond acceptors (Lipinski definition) is 8. The van der Waals surface area contributed by atoms with Gasteiger partial charge in [0.1, 0.15) is 5.82 Å². The number of amides is 2. The molecule has 2 amide bonds. The van der Waals surface area contributed by atoms with E-state index in [2.05, 4.69) is 32.3 Å². The Hall–Kier alpha value is -2.14. The first-order chi connectivity index (χ1) is 14.2. The van der Waals surface area contributed by atoms with Gasteiger partial charge in [0.2, 0.25) is 5.95 Å². The zero-order valence-corrected chi connectivity index (χ0v) is 18.7. The Kier molecular flexibility index (Phi) is 7.35. The largest absolute Gasteiger partial charge is 0.377 e. The molecule has 2 aliphatic rings. The van der Waals surface area contributed by atoms with E-state index < -0.39 is 9.84 Å². The van der Waals surface area contributed by atoms with Crippen LogP contribution in [0.5, 0.6) is 0 Å². The summed E-state index contributed by atoms with van der Waals surface area (Å²) < 4.78 is 29.3. The van der Waals surface area contributed by atoms with Crippen molar-refractivity contribution < 1.29 is 17.9 Å². The third-order valence-electron chi connectivity index (χ3n) is 5.28. The molecule has 0 radical (unpaired) electrons. The predicted molar refractivity (Wildman–Crippen MR) is 116 cm³/mol. The third-order valence-corrected chi connectivity index (χ3v) is 6.10. The van der Waals surface area contributed by atoms with Crippen LogP contribution in [0.15, 0.2) is 6.07 Å². The maximum atomic E-state index is 11.9. The molecule has 0 aliphatic carbocycles. The van der Waals surface area contributed by atoms with Crippen LogP contribution in [0.25, 0.3) is 0 Å². The maximum absolute atomic E-state index is 11.9. The fourth-order valence-electron chi connectivity index (χ4n) is 3.79. The van der Waals surface area contributed by atoms with Crippen molar-refractivity contribution in [3.05, 3.63) is 11.8 Å². The molecule has 1 aromatic heterocycles. The summed E-state index contributed by atoms with van der Waals surface area (Å²) in [7, 11) is -3.22. The standard InChI is InChI=1S/C19H32N6O4S/c1-4-20-19(26)22-15-5-7-24(8-6-15)18-21-16(13-30(3,27)28)11-17(23-18)25-9-10-29-12-14(25)2/h11,14-15H,4-10,12-13H2,1-3H3,(H2,20,22,26)/t14-/m0/s1. The van der Waals surface area contributed by atoms with E-state index in [1.807, 2.05) is 6.92 Å². The minimum Gasteiger partial charge on any atom is -0.377 e. The molecule has 10 nitrogen and oxygen atoms in total. The van der Waals surface area contributed by atoms with Gasteiger partial charge < -0.3 is 25.2 Å². The molecule has 0 spiro atoms. The molecule has 0 saturated carbocycles. The van der Waals surface area contributed by atoms with E-state index in [1.165, 1.54) is 6.26 Å². The fraction of sp³-hybridized carbons (Fsp3) is 0.737. The van der Waals surface area contributed by atoms with Crippen molar-refractivity contribution in [3.63, 3.8) is 0 Å². The number of nitrogens with zero attached hydrogens (tertiary/aromatic N) is 4. The molecular weight excluding hydrogens is 408 g/mol. The van der Waals surface area contributed by atoms with Crippen LogP contribution in [-0.2, 0) is 20.3 Å². The van der Waals surface area contributed by atoms with Gasteiger partial charge in [-0.3, -0.25) is 0 Å². The second-order valence-corrected chi connectivity index (χ2v) is 10.1. The highest BCUT2D eigenvalue weighted by Crippen LogP contribution is 2.24. The molecule has 2 fully saturated rings. The van der Waals surface area contributed by atoms with E-state index in [1.54, 1.807) is 6.07 Å². The molecule has 1 aromatic rings. The first-order valence-corrected chi connectivity index (χ1v) is 12.5. The summed E-state index contributed by atoms with van der Waals surface area (Å²) in [6, 6.07) is 1.88. The zero-order valence-electron chi connectivity index (χ0n) is 17.9. The highest BCUT2D eigenvalue weighted by atomic mass is 32.2. The molecule has 3 rings (SSSR count). The topological polar surface area (TPSA) is 117 Å². The summed E-state index contributed by atoms with van der Waals surface area (Å²) in [6.45, 7) is 7.85. The first-order valence-electron chi connectivity index (χ1n) is 10.4. The van der Waals surface area contributed by atoms with Crippen LogP contribution in [0, 0.1) is 0 Å². The van der Waals surface area contributed by atoms with Gasteiger partial charge >= 0.3 is 6.03 Å². The van der Waals surface area contributed by atoms with E-state index in [9.17, 15) is 13.2 Å². The van der Waals surface area contributed by atoms with Gasteiger partial charge in [0.15, 0.2) is 9.84 Å². The third kappa shape index (κ3) is 6.18. The lowest BCUT2D eigenvalue weighted by Gasteiger charge is -2.36. The van der Waals surface area contributed by atoms with Gasteiger partial charge in [-0.15, -0.1) is 0 Å². The molecule has 11 heteroatoms. The van der Waals surface area contributed by atoms with Crippen LogP contribution < -0.4 is 20.4 Å². The van der Waals surface area contributed by atoms with Crippen molar-refractivity contribution in [2.45, 2.75) is 44.5 Å². The van der Waals surface area contributed by atoms with E-state index >= 15 is 0 Å². The van der Waals surface area contributed by atoms with Crippen molar-refractivity contribution >= 4 is 27.6 Å². The molecule has 0 bridgehead atoms. The number of aromatic nitrogens is 2. The van der Waals surface area contributed by atoms with Gasteiger partial charge in [0.05, 0.1) is 30.7 Å². The van der Waals surface area contributed by atoms with Crippen LogP contribution >= 0.6 is 0 Å². The Balaban J connectivity index is 1.77. The average molecular weight is 441 g/mol. The van der Waals surface area contributed by atoms with Gasteiger partial charge in [0.25, 0.3) is 0 Å². The van der Waals surface area contributed by atoms with Crippen molar-refractivity contribution in [3.8, 4) is 0 Å². The van der Waals surface area contributed by atoms with Crippen LogP contribution in [0.4, 0.5) is 16.6 Å². The lowest BCUT2D eigenvalue weighted by atomic mass is 10.1. The summed E-state index contributed by atoms with van der Waals surface area (Å²) in [5, 5.41) is 5.74. The van der Waals surface area contributed by atoms with Gasteiger partial charge in [-0.25, -0.2) is 18.2 Å². The van der Waals surface area contributed by atoms with E-state index in [0.29, 0.717) is 51.0 Å². The summed E-state index contributed by atoms with van der Waals surface area (Å²) in [5.41, 5.74) is 0.499. The Labute approximate surface area is 178 Å². The lowest BCUT2D eigenvalue weighted by Crippen LogP contribution is -2.48. The molecule has 2 saturated heterocycles. The van der Waals surface area contributed by atoms with Gasteiger partial charge in [0, 0.05) is 44.5 Å². The second kappa shape index (κ2) is 9.78. The second-order valence-electron chi connectivity index (χ2n) is 7.97. The number of carbonyl (C=O) groups is 1. The Morgan fingerprint density at radius 3 is 2.63 bits per heavy atom. The molecule has 0 aromatic carbocycles. The van der Waals surface area contributed by atoms with Crippen LogP contribution in [-0.4, -0.2) is 82.1 Å². The molecule has 2 aliphatic heterocycles. The Morgan fingerprint density at radius 1 is 1.27 bits per heavy atom. The fourth-order valence-corrected chi connectivity index (χ4v) is 4.47. The van der Waals surface area contributed by atoms with E-state index in [-0.39, 0.29) is 23.9 Å². The van der Waals surface area contributed by atoms with Gasteiger partial charge in [-0.05, 0) is 26.7 Å². The average Bonchev–Trinajstić information content (AvgIpc) is 2.67. The number of hydrogen-bond donors (Lipinski definition) is 2. The Bertz CT molecular complexity index is 841. The lowest BCUT2D eigenvalue weighted by molar-refractivity contribution is 0.0985. The van der Waals surface area contributed by atoms with Crippen molar-refractivity contribution in [1.82, 2.24) is 20.6 Å². The Morgan fingerprint density at radius 2 is 2.00 bits per heavy atom. The molecule has 3 heterocycles. The monoisotopic (exact) mass is 440 g/mol. The molecule has 30 heavy (non-hydrogen) atoms. The minimum absolute atomic E-state index is 0.103. The SMILES string of the molecule is CCNC(=O)NC1CCN(c2nc(CS(C)(=O)=O)cc(N3CCOC[C@@H]3C)n2)CC1. The van der Waals surface area contributed by atoms with Crippen LogP contribution in [0.1, 0.15) is 32.4 Å². The number of morpholine rings is 1. The van der Waals surface area contributed by atoms with Crippen molar-refractivity contribution in [2.75, 3.05) is 55.4 Å². The summed E-state index contributed by atoms with van der Waals surface area (Å²) in [6.07, 6.45) is 2.77. The normalized spacial score (nSPS) is 20.8. The molecule has 168 valence electrons. The number of rotatable bonds is 6. The highest BCUT2D eigenvalue weighted by molar-refractivity contribution is 7.89. The zero-order chi connectivity index (χ0) is 21.7. The molecule has 0 unspecified atom stereocenters. The molecule has 1 atom stereocenters. The smallest absolute Gasteiger partial charge is 0.314 e.